The van der Waals surface area contributed by atoms with Gasteiger partial charge < -0.3 is 4.57 Å². The number of aromatic nitrogens is 2. The normalized spacial score (nSPS) is 11.1. The van der Waals surface area contributed by atoms with E-state index in [-0.39, 0.29) is 16.4 Å². The van der Waals surface area contributed by atoms with E-state index in [2.05, 4.69) is 15.5 Å². The zero-order chi connectivity index (χ0) is 21.8. The average Bonchev–Trinajstić information content (AvgIpc) is 3.12. The highest BCUT2D eigenvalue weighted by Crippen LogP contribution is 2.22. The Morgan fingerprint density at radius 1 is 1.16 bits per heavy atom. The average molecular weight is 434 g/mol. The standard InChI is InChI=1S/C22H16ClN5O3/c23-21-19(5-3-11-24-21)22(29)26-25-12-16-14-27(20-6-2-1-4-18(16)20)13-15-7-9-17(10-8-15)28(30)31/h1-12,14H,13H2,(H,26,29). The summed E-state index contributed by atoms with van der Waals surface area (Å²) in [5.74, 6) is -0.455. The van der Waals surface area contributed by atoms with Crippen molar-refractivity contribution in [3.63, 3.8) is 0 Å². The summed E-state index contributed by atoms with van der Waals surface area (Å²) >= 11 is 5.94. The van der Waals surface area contributed by atoms with Crippen LogP contribution in [-0.2, 0) is 6.54 Å². The van der Waals surface area contributed by atoms with Crippen LogP contribution in [-0.4, -0.2) is 26.6 Å². The van der Waals surface area contributed by atoms with Gasteiger partial charge in [-0.3, -0.25) is 14.9 Å². The number of fused-ring (bicyclic) bond motifs is 1. The first-order valence-electron chi connectivity index (χ1n) is 9.28. The summed E-state index contributed by atoms with van der Waals surface area (Å²) in [7, 11) is 0. The minimum absolute atomic E-state index is 0.0541. The molecule has 4 aromatic rings. The van der Waals surface area contributed by atoms with Gasteiger partial charge in [0.25, 0.3) is 11.6 Å². The molecule has 0 saturated carbocycles. The lowest BCUT2D eigenvalue weighted by molar-refractivity contribution is -0.384. The van der Waals surface area contributed by atoms with Gasteiger partial charge in [-0.1, -0.05) is 41.9 Å². The van der Waals surface area contributed by atoms with E-state index in [1.807, 2.05) is 35.0 Å². The summed E-state index contributed by atoms with van der Waals surface area (Å²) in [4.78, 5) is 26.5. The lowest BCUT2D eigenvalue weighted by Gasteiger charge is -2.05. The van der Waals surface area contributed by atoms with Gasteiger partial charge >= 0.3 is 0 Å². The number of rotatable bonds is 6. The van der Waals surface area contributed by atoms with Crippen LogP contribution in [0, 0.1) is 10.1 Å². The molecule has 0 saturated heterocycles. The second kappa shape index (κ2) is 8.76. The number of non-ortho nitro benzene ring substituents is 1. The minimum atomic E-state index is -0.455. The van der Waals surface area contributed by atoms with E-state index in [0.29, 0.717) is 6.54 Å². The Morgan fingerprint density at radius 3 is 2.68 bits per heavy atom. The monoisotopic (exact) mass is 433 g/mol. The Bertz CT molecular complexity index is 1300. The number of benzene rings is 2. The lowest BCUT2D eigenvalue weighted by atomic mass is 10.2. The maximum Gasteiger partial charge on any atom is 0.274 e. The van der Waals surface area contributed by atoms with E-state index >= 15 is 0 Å². The van der Waals surface area contributed by atoms with Crippen LogP contribution in [0.15, 0.2) is 78.2 Å². The highest BCUT2D eigenvalue weighted by molar-refractivity contribution is 6.32. The molecule has 9 heteroatoms. The van der Waals surface area contributed by atoms with Crippen LogP contribution in [0.3, 0.4) is 0 Å². The van der Waals surface area contributed by atoms with E-state index < -0.39 is 10.8 Å². The van der Waals surface area contributed by atoms with Crippen LogP contribution in [0.2, 0.25) is 5.15 Å². The van der Waals surface area contributed by atoms with Crippen molar-refractivity contribution in [3.05, 3.63) is 105 Å². The molecular weight excluding hydrogens is 418 g/mol. The van der Waals surface area contributed by atoms with Crippen LogP contribution in [0.5, 0.6) is 0 Å². The summed E-state index contributed by atoms with van der Waals surface area (Å²) in [5.41, 5.74) is 5.47. The quantitative estimate of drug-likeness (QED) is 0.210. The molecule has 1 N–H and O–H groups in total. The molecule has 0 atom stereocenters. The Labute approximate surface area is 181 Å². The van der Waals surface area contributed by atoms with E-state index in [9.17, 15) is 14.9 Å². The van der Waals surface area contributed by atoms with Crippen molar-refractivity contribution < 1.29 is 9.72 Å². The lowest BCUT2D eigenvalue weighted by Crippen LogP contribution is -2.18. The molecule has 1 amide bonds. The number of pyridine rings is 1. The van der Waals surface area contributed by atoms with Crippen molar-refractivity contribution in [1.82, 2.24) is 15.0 Å². The maximum atomic E-state index is 12.2. The fourth-order valence-electron chi connectivity index (χ4n) is 3.20. The molecule has 0 fully saturated rings. The van der Waals surface area contributed by atoms with E-state index in [1.54, 1.807) is 30.5 Å². The van der Waals surface area contributed by atoms with Crippen molar-refractivity contribution in [3.8, 4) is 0 Å². The molecule has 0 bridgehead atoms. The van der Waals surface area contributed by atoms with E-state index in [4.69, 9.17) is 11.6 Å². The Kier molecular flexibility index (Phi) is 5.72. The van der Waals surface area contributed by atoms with Gasteiger partial charge in [-0.2, -0.15) is 5.10 Å². The summed E-state index contributed by atoms with van der Waals surface area (Å²) in [6.07, 6.45) is 4.98. The molecule has 8 nitrogen and oxygen atoms in total. The number of nitrogens with zero attached hydrogens (tertiary/aromatic N) is 4. The predicted molar refractivity (Wildman–Crippen MR) is 118 cm³/mol. The first-order valence-corrected chi connectivity index (χ1v) is 9.66. The fourth-order valence-corrected chi connectivity index (χ4v) is 3.41. The molecule has 0 aliphatic carbocycles. The van der Waals surface area contributed by atoms with E-state index in [0.717, 1.165) is 22.0 Å². The summed E-state index contributed by atoms with van der Waals surface area (Å²) < 4.78 is 2.03. The third kappa shape index (κ3) is 4.44. The number of amides is 1. The number of hydrogen-bond acceptors (Lipinski definition) is 5. The van der Waals surface area contributed by atoms with Crippen LogP contribution in [0.1, 0.15) is 21.5 Å². The molecule has 2 heterocycles. The number of nitrogens with one attached hydrogen (secondary N) is 1. The van der Waals surface area contributed by atoms with Crippen molar-refractivity contribution in [2.24, 2.45) is 5.10 Å². The first kappa shape index (κ1) is 20.2. The zero-order valence-corrected chi connectivity index (χ0v) is 16.9. The molecule has 31 heavy (non-hydrogen) atoms. The van der Waals surface area contributed by atoms with Crippen LogP contribution in [0.4, 0.5) is 5.69 Å². The molecule has 2 aromatic carbocycles. The van der Waals surface area contributed by atoms with Crippen LogP contribution in [0.25, 0.3) is 10.9 Å². The van der Waals surface area contributed by atoms with Gasteiger partial charge in [0.2, 0.25) is 0 Å². The molecule has 154 valence electrons. The van der Waals surface area contributed by atoms with E-state index in [1.165, 1.54) is 18.3 Å². The smallest absolute Gasteiger partial charge is 0.274 e. The molecule has 4 rings (SSSR count). The predicted octanol–water partition coefficient (Wildman–Crippen LogP) is 4.41. The third-order valence-corrected chi connectivity index (χ3v) is 4.99. The molecule has 2 aromatic heterocycles. The molecule has 0 radical (unpaired) electrons. The second-order valence-corrected chi connectivity index (χ2v) is 7.05. The number of hydrazone groups is 1. The molecule has 0 spiro atoms. The number of nitro benzene ring substituents is 1. The summed E-state index contributed by atoms with van der Waals surface area (Å²) in [5, 5.41) is 16.0. The molecule has 0 aliphatic heterocycles. The highest BCUT2D eigenvalue weighted by Gasteiger charge is 2.11. The number of hydrogen-bond donors (Lipinski definition) is 1. The topological polar surface area (TPSA) is 102 Å². The summed E-state index contributed by atoms with van der Waals surface area (Å²) in [6, 6.07) is 17.4. The Morgan fingerprint density at radius 2 is 1.94 bits per heavy atom. The molecular formula is C22H16ClN5O3. The SMILES string of the molecule is O=C(NN=Cc1cn(Cc2ccc([N+](=O)[O-])cc2)c2ccccc12)c1cccnc1Cl. The van der Waals surface area contributed by atoms with Gasteiger partial charge in [0.05, 0.1) is 16.7 Å². The number of para-hydroxylation sites is 1. The number of halogens is 1. The van der Waals surface area contributed by atoms with Gasteiger partial charge in [-0.15, -0.1) is 0 Å². The van der Waals surface area contributed by atoms with Gasteiger partial charge in [0, 0.05) is 47.5 Å². The van der Waals surface area contributed by atoms with Crippen LogP contribution >= 0.6 is 11.6 Å². The largest absolute Gasteiger partial charge is 0.342 e. The number of carbonyl (C=O) groups excluding carboxylic acids is 1. The Hall–Kier alpha value is -4.04. The van der Waals surface area contributed by atoms with Crippen molar-refractivity contribution in [2.75, 3.05) is 0 Å². The fraction of sp³-hybridized carbons (Fsp3) is 0.0455. The first-order chi connectivity index (χ1) is 15.0. The minimum Gasteiger partial charge on any atom is -0.342 e. The molecule has 0 unspecified atom stereocenters. The van der Waals surface area contributed by atoms with Crippen molar-refractivity contribution in [2.45, 2.75) is 6.54 Å². The highest BCUT2D eigenvalue weighted by atomic mass is 35.5. The maximum absolute atomic E-state index is 12.2. The second-order valence-electron chi connectivity index (χ2n) is 6.69. The van der Waals surface area contributed by atoms with Gasteiger partial charge in [-0.25, -0.2) is 10.4 Å². The number of carbonyl (C=O) groups is 1. The number of nitro groups is 1. The zero-order valence-electron chi connectivity index (χ0n) is 16.1. The Balaban J connectivity index is 1.56. The van der Waals surface area contributed by atoms with Crippen molar-refractivity contribution >= 4 is 40.3 Å². The summed E-state index contributed by atoms with van der Waals surface area (Å²) in [6.45, 7) is 0.532. The van der Waals surface area contributed by atoms with Gasteiger partial charge in [0.1, 0.15) is 5.15 Å². The van der Waals surface area contributed by atoms with Gasteiger partial charge in [-0.05, 0) is 23.8 Å². The third-order valence-electron chi connectivity index (χ3n) is 4.69. The van der Waals surface area contributed by atoms with Gasteiger partial charge in [0.15, 0.2) is 0 Å². The molecule has 0 aliphatic rings. The van der Waals surface area contributed by atoms with Crippen molar-refractivity contribution in [1.29, 1.82) is 0 Å². The van der Waals surface area contributed by atoms with Crippen LogP contribution < -0.4 is 5.43 Å².